The Morgan fingerprint density at radius 2 is 1.97 bits per heavy atom. The van der Waals surface area contributed by atoms with Crippen LogP contribution in [0.2, 0.25) is 0 Å². The first kappa shape index (κ1) is 22.3. The summed E-state index contributed by atoms with van der Waals surface area (Å²) in [7, 11) is 0. The van der Waals surface area contributed by atoms with Gasteiger partial charge in [0.25, 0.3) is 0 Å². The molecule has 1 aromatic carbocycles. The van der Waals surface area contributed by atoms with Gasteiger partial charge in [0.2, 0.25) is 0 Å². The predicted molar refractivity (Wildman–Crippen MR) is 121 cm³/mol. The number of hydrogen-bond acceptors (Lipinski definition) is 7. The summed E-state index contributed by atoms with van der Waals surface area (Å²) in [6.45, 7) is 1.79. The molecule has 168 valence electrons. The lowest BCUT2D eigenvalue weighted by Gasteiger charge is -2.27. The van der Waals surface area contributed by atoms with Crippen molar-refractivity contribution in [3.8, 4) is 11.5 Å². The van der Waals surface area contributed by atoms with Crippen molar-refractivity contribution in [2.24, 2.45) is 0 Å². The normalized spacial score (nSPS) is 22.3. The molecule has 1 N–H and O–H groups in total. The number of phenolic OH excluding ortho intramolecular Hbond substituents is 1. The number of Topliss-reactive ketones (excluding diaryl/α,β-unsaturated/α-hetero) is 1. The summed E-state index contributed by atoms with van der Waals surface area (Å²) < 4.78 is 11.1. The van der Waals surface area contributed by atoms with Crippen molar-refractivity contribution < 1.29 is 29.0 Å². The molecule has 3 heterocycles. The largest absolute Gasteiger partial charge is 0.507 e. The summed E-state index contributed by atoms with van der Waals surface area (Å²) in [5.41, 5.74) is 1.84. The van der Waals surface area contributed by atoms with Crippen molar-refractivity contribution in [3.63, 3.8) is 0 Å². The third kappa shape index (κ3) is 4.78. The molecule has 2 aliphatic heterocycles. The van der Waals surface area contributed by atoms with Crippen molar-refractivity contribution in [2.45, 2.75) is 63.9 Å². The molecule has 6 nitrogen and oxygen atoms in total. The van der Waals surface area contributed by atoms with Crippen LogP contribution in [0.1, 0.15) is 84.8 Å². The number of rotatable bonds is 1. The molecule has 0 aliphatic carbocycles. The van der Waals surface area contributed by atoms with Gasteiger partial charge in [0.05, 0.1) is 12.5 Å². The van der Waals surface area contributed by atoms with Gasteiger partial charge in [-0.2, -0.15) is 11.3 Å². The summed E-state index contributed by atoms with van der Waals surface area (Å²) in [6, 6.07) is 3.53. The number of phenols is 1. The Morgan fingerprint density at radius 1 is 1.16 bits per heavy atom. The number of thiophene rings is 1. The van der Waals surface area contributed by atoms with E-state index < -0.39 is 18.0 Å². The van der Waals surface area contributed by atoms with E-state index in [4.69, 9.17) is 9.47 Å². The number of esters is 2. The third-order valence-corrected chi connectivity index (χ3v) is 6.63. The van der Waals surface area contributed by atoms with Crippen LogP contribution in [0, 0.1) is 0 Å². The summed E-state index contributed by atoms with van der Waals surface area (Å²) in [4.78, 5) is 37.4. The average Bonchev–Trinajstić information content (AvgIpc) is 3.27. The van der Waals surface area contributed by atoms with Gasteiger partial charge in [0.1, 0.15) is 22.8 Å². The maximum atomic E-state index is 13.1. The monoisotopic (exact) mass is 454 g/mol. The van der Waals surface area contributed by atoms with Crippen LogP contribution in [0.15, 0.2) is 29.0 Å². The van der Waals surface area contributed by atoms with Gasteiger partial charge in [-0.1, -0.05) is 12.2 Å². The minimum Gasteiger partial charge on any atom is -0.507 e. The van der Waals surface area contributed by atoms with Gasteiger partial charge in [-0.25, -0.2) is 4.79 Å². The number of fused-ring (bicyclic) bond motifs is 2. The van der Waals surface area contributed by atoms with Crippen molar-refractivity contribution in [1.29, 1.82) is 0 Å². The molecule has 0 spiro atoms. The maximum absolute atomic E-state index is 13.1. The Morgan fingerprint density at radius 3 is 2.75 bits per heavy atom. The molecule has 1 aromatic heterocycles. The van der Waals surface area contributed by atoms with Crippen LogP contribution in [0.3, 0.4) is 0 Å². The number of ketones is 1. The molecule has 2 atom stereocenters. The van der Waals surface area contributed by atoms with Gasteiger partial charge in [-0.05, 0) is 66.6 Å². The lowest BCUT2D eigenvalue weighted by atomic mass is 9.84. The van der Waals surface area contributed by atoms with Crippen molar-refractivity contribution in [2.75, 3.05) is 0 Å². The molecule has 0 saturated heterocycles. The van der Waals surface area contributed by atoms with Crippen molar-refractivity contribution in [3.05, 3.63) is 51.2 Å². The first-order valence-electron chi connectivity index (χ1n) is 11.0. The minimum absolute atomic E-state index is 0.0816. The second-order valence-corrected chi connectivity index (χ2v) is 9.11. The number of allylic oxidation sites excluding steroid dienone is 1. The lowest BCUT2D eigenvalue weighted by molar-refractivity contribution is -0.135. The summed E-state index contributed by atoms with van der Waals surface area (Å²) >= 11 is 1.50. The quantitative estimate of drug-likeness (QED) is 0.460. The molecule has 7 heteroatoms. The van der Waals surface area contributed by atoms with Crippen LogP contribution in [0.25, 0.3) is 6.08 Å². The molecule has 2 aliphatic rings. The van der Waals surface area contributed by atoms with Gasteiger partial charge >= 0.3 is 11.9 Å². The number of benzene rings is 1. The summed E-state index contributed by atoms with van der Waals surface area (Å²) in [6.07, 6.45) is 6.88. The molecular formula is C25H26O6S. The Balaban J connectivity index is 1.79. The van der Waals surface area contributed by atoms with E-state index >= 15 is 0 Å². The second-order valence-electron chi connectivity index (χ2n) is 8.33. The smallest absolute Gasteiger partial charge is 0.342 e. The molecule has 0 fully saturated rings. The molecule has 4 rings (SSSR count). The van der Waals surface area contributed by atoms with E-state index in [0.717, 1.165) is 12.0 Å². The van der Waals surface area contributed by atoms with E-state index in [-0.39, 0.29) is 35.2 Å². The highest BCUT2D eigenvalue weighted by Gasteiger charge is 2.35. The molecule has 0 saturated carbocycles. The van der Waals surface area contributed by atoms with Crippen LogP contribution < -0.4 is 4.74 Å². The third-order valence-electron chi connectivity index (χ3n) is 5.92. The molecular weight excluding hydrogens is 428 g/mol. The van der Waals surface area contributed by atoms with Crippen LogP contribution >= 0.6 is 11.3 Å². The average molecular weight is 455 g/mol. The number of carbonyl (C=O) groups is 3. The highest BCUT2D eigenvalue weighted by atomic mass is 32.1. The fourth-order valence-electron chi connectivity index (χ4n) is 4.28. The SMILES string of the molecule is C[C@H]1CCCC(=O)CCCC=Cc2cc3c(c(O)c2C(=O)O1)[C@H](c1ccsc1)CC(=O)O3. The Labute approximate surface area is 190 Å². The van der Waals surface area contributed by atoms with Gasteiger partial charge in [0.15, 0.2) is 0 Å². The van der Waals surface area contributed by atoms with E-state index in [1.165, 1.54) is 11.3 Å². The van der Waals surface area contributed by atoms with Gasteiger partial charge in [0, 0.05) is 24.3 Å². The number of hydrogen-bond donors (Lipinski definition) is 1. The molecule has 0 bridgehead atoms. The summed E-state index contributed by atoms with van der Waals surface area (Å²) in [5, 5.41) is 15.1. The first-order valence-corrected chi connectivity index (χ1v) is 11.9. The van der Waals surface area contributed by atoms with Crippen molar-refractivity contribution in [1.82, 2.24) is 0 Å². The summed E-state index contributed by atoms with van der Waals surface area (Å²) in [5.74, 6) is -1.13. The zero-order valence-corrected chi connectivity index (χ0v) is 18.8. The molecule has 0 amide bonds. The zero-order valence-electron chi connectivity index (χ0n) is 18.0. The van der Waals surface area contributed by atoms with Crippen LogP contribution in [0.4, 0.5) is 0 Å². The number of carbonyl (C=O) groups excluding carboxylic acids is 3. The van der Waals surface area contributed by atoms with Gasteiger partial charge in [-0.15, -0.1) is 0 Å². The van der Waals surface area contributed by atoms with Crippen LogP contribution in [-0.2, 0) is 14.3 Å². The van der Waals surface area contributed by atoms with E-state index in [1.807, 2.05) is 22.9 Å². The minimum atomic E-state index is -0.623. The Hall–Kier alpha value is -2.93. The van der Waals surface area contributed by atoms with E-state index in [9.17, 15) is 19.5 Å². The highest BCUT2D eigenvalue weighted by molar-refractivity contribution is 7.08. The van der Waals surface area contributed by atoms with Gasteiger partial charge in [-0.3, -0.25) is 9.59 Å². The molecule has 2 aromatic rings. The standard InChI is InChI=1S/C25H26O6S/c1-15-6-5-9-18(26)8-4-2-3-7-16-12-20-23(24(28)22(16)25(29)30-15)19(13-21(27)31-20)17-10-11-32-14-17/h3,7,10-12,14-15,19,28H,2,4-6,8-9,13H2,1H3/t15-,19-/m0/s1. The van der Waals surface area contributed by atoms with Gasteiger partial charge < -0.3 is 14.6 Å². The van der Waals surface area contributed by atoms with E-state index in [2.05, 4.69) is 0 Å². The van der Waals surface area contributed by atoms with Crippen molar-refractivity contribution >= 4 is 35.1 Å². The Bertz CT molecular complexity index is 1050. The lowest BCUT2D eigenvalue weighted by Crippen LogP contribution is -2.23. The number of cyclic esters (lactones) is 1. The highest BCUT2D eigenvalue weighted by Crippen LogP contribution is 2.47. The fourth-order valence-corrected chi connectivity index (χ4v) is 4.99. The van der Waals surface area contributed by atoms with E-state index in [1.54, 1.807) is 19.1 Å². The molecule has 32 heavy (non-hydrogen) atoms. The molecule has 0 unspecified atom stereocenters. The predicted octanol–water partition coefficient (Wildman–Crippen LogP) is 5.38. The zero-order chi connectivity index (χ0) is 22.7. The fraction of sp³-hybridized carbons (Fsp3) is 0.400. The first-order chi connectivity index (χ1) is 15.4. The molecule has 0 radical (unpaired) electrons. The number of aromatic hydroxyl groups is 1. The second kappa shape index (κ2) is 9.69. The number of ether oxygens (including phenoxy) is 2. The van der Waals surface area contributed by atoms with Crippen LogP contribution in [0.5, 0.6) is 11.5 Å². The maximum Gasteiger partial charge on any atom is 0.342 e. The van der Waals surface area contributed by atoms with E-state index in [0.29, 0.717) is 43.2 Å². The Kier molecular flexibility index (Phi) is 6.74. The topological polar surface area (TPSA) is 89.9 Å². The van der Waals surface area contributed by atoms with Crippen LogP contribution in [-0.4, -0.2) is 28.9 Å².